The number of hydrogen-bond acceptors (Lipinski definition) is 5. The third-order valence-electron chi connectivity index (χ3n) is 4.28. The number of ether oxygens (including phenoxy) is 2. The number of aliphatic hydroxyl groups is 1. The highest BCUT2D eigenvalue weighted by atomic mass is 16.5. The van der Waals surface area contributed by atoms with Gasteiger partial charge in [0.05, 0.1) is 19.3 Å². The van der Waals surface area contributed by atoms with Crippen LogP contribution in [0.3, 0.4) is 0 Å². The molecule has 0 radical (unpaired) electrons. The molecule has 3 unspecified atom stereocenters. The van der Waals surface area contributed by atoms with Crippen LogP contribution in [0.25, 0.3) is 0 Å². The Balaban J connectivity index is 1.99. The van der Waals surface area contributed by atoms with Crippen molar-refractivity contribution in [1.82, 2.24) is 4.90 Å². The van der Waals surface area contributed by atoms with Crippen molar-refractivity contribution in [2.24, 2.45) is 5.73 Å². The smallest absolute Gasteiger partial charge is 0.119 e. The predicted octanol–water partition coefficient (Wildman–Crippen LogP) is 1.17. The highest BCUT2D eigenvalue weighted by Gasteiger charge is 2.29. The molecule has 3 atom stereocenters. The molecule has 1 saturated heterocycles. The largest absolute Gasteiger partial charge is 0.497 e. The van der Waals surface area contributed by atoms with Crippen molar-refractivity contribution in [2.45, 2.75) is 31.1 Å². The monoisotopic (exact) mass is 294 g/mol. The van der Waals surface area contributed by atoms with Gasteiger partial charge < -0.3 is 20.3 Å². The number of hydrogen-bond donors (Lipinski definition) is 2. The summed E-state index contributed by atoms with van der Waals surface area (Å²) >= 11 is 0. The van der Waals surface area contributed by atoms with Crippen LogP contribution in [-0.2, 0) is 4.74 Å². The van der Waals surface area contributed by atoms with Crippen molar-refractivity contribution in [3.63, 3.8) is 0 Å². The molecule has 0 spiro atoms. The molecule has 1 aliphatic heterocycles. The summed E-state index contributed by atoms with van der Waals surface area (Å²) in [6, 6.07) is 7.85. The predicted molar refractivity (Wildman–Crippen MR) is 82.4 cm³/mol. The molecule has 1 aromatic carbocycles. The zero-order valence-electron chi connectivity index (χ0n) is 12.9. The summed E-state index contributed by atoms with van der Waals surface area (Å²) in [5, 5.41) is 10.5. The molecule has 5 heteroatoms. The fraction of sp³-hybridized carbons (Fsp3) is 0.625. The average molecular weight is 294 g/mol. The van der Waals surface area contributed by atoms with Crippen LogP contribution in [0, 0.1) is 0 Å². The minimum atomic E-state index is -0.534. The van der Waals surface area contributed by atoms with Gasteiger partial charge in [0.25, 0.3) is 0 Å². The van der Waals surface area contributed by atoms with Gasteiger partial charge in [0.15, 0.2) is 0 Å². The number of β-amino-alcohol motifs (C(OH)–C–C–N with tert-alkyl or cyclic N) is 1. The number of nitrogens with two attached hydrogens (primary N) is 1. The zero-order chi connectivity index (χ0) is 15.2. The SMILES string of the molecule is COc1cccc(C(O)CN2CCC(OC)CC2CN)c1. The third-order valence-corrected chi connectivity index (χ3v) is 4.28. The molecular weight excluding hydrogens is 268 g/mol. The van der Waals surface area contributed by atoms with Gasteiger partial charge in [-0.05, 0) is 30.5 Å². The number of piperidine rings is 1. The molecule has 1 heterocycles. The number of nitrogens with zero attached hydrogens (tertiary/aromatic N) is 1. The van der Waals surface area contributed by atoms with E-state index >= 15 is 0 Å². The minimum Gasteiger partial charge on any atom is -0.497 e. The summed E-state index contributed by atoms with van der Waals surface area (Å²) in [4.78, 5) is 2.26. The first-order valence-corrected chi connectivity index (χ1v) is 7.46. The van der Waals surface area contributed by atoms with Gasteiger partial charge in [-0.2, -0.15) is 0 Å². The van der Waals surface area contributed by atoms with Crippen LogP contribution in [-0.4, -0.2) is 56.0 Å². The molecular formula is C16H26N2O3. The zero-order valence-corrected chi connectivity index (χ0v) is 12.9. The molecule has 0 bridgehead atoms. The summed E-state index contributed by atoms with van der Waals surface area (Å²) in [5.41, 5.74) is 6.75. The third kappa shape index (κ3) is 4.17. The van der Waals surface area contributed by atoms with E-state index in [0.29, 0.717) is 13.1 Å². The second-order valence-electron chi connectivity index (χ2n) is 5.56. The van der Waals surface area contributed by atoms with E-state index in [1.165, 1.54) is 0 Å². The molecule has 118 valence electrons. The lowest BCUT2D eigenvalue weighted by molar-refractivity contribution is -0.00444. The highest BCUT2D eigenvalue weighted by molar-refractivity contribution is 5.29. The number of benzene rings is 1. The van der Waals surface area contributed by atoms with Crippen LogP contribution >= 0.6 is 0 Å². The summed E-state index contributed by atoms with van der Waals surface area (Å²) < 4.78 is 10.6. The van der Waals surface area contributed by atoms with Gasteiger partial charge in [0, 0.05) is 32.8 Å². The molecule has 1 aromatic rings. The number of methoxy groups -OCH3 is 2. The van der Waals surface area contributed by atoms with E-state index in [-0.39, 0.29) is 12.1 Å². The van der Waals surface area contributed by atoms with Crippen LogP contribution < -0.4 is 10.5 Å². The van der Waals surface area contributed by atoms with Gasteiger partial charge in [0.1, 0.15) is 5.75 Å². The quantitative estimate of drug-likeness (QED) is 0.824. The highest BCUT2D eigenvalue weighted by Crippen LogP contribution is 2.24. The fourth-order valence-corrected chi connectivity index (χ4v) is 2.94. The molecule has 0 saturated carbocycles. The van der Waals surface area contributed by atoms with E-state index < -0.39 is 6.10 Å². The second-order valence-corrected chi connectivity index (χ2v) is 5.56. The summed E-state index contributed by atoms with van der Waals surface area (Å²) in [6.45, 7) is 2.08. The van der Waals surface area contributed by atoms with Crippen molar-refractivity contribution >= 4 is 0 Å². The Kier molecular flexibility index (Phi) is 5.99. The normalized spacial score (nSPS) is 24.8. The fourth-order valence-electron chi connectivity index (χ4n) is 2.94. The molecule has 0 aromatic heterocycles. The Morgan fingerprint density at radius 2 is 2.24 bits per heavy atom. The Hall–Kier alpha value is -1.14. The molecule has 3 N–H and O–H groups in total. The second kappa shape index (κ2) is 7.75. The Labute approximate surface area is 126 Å². The van der Waals surface area contributed by atoms with Crippen LogP contribution in [0.2, 0.25) is 0 Å². The van der Waals surface area contributed by atoms with Gasteiger partial charge in [0.2, 0.25) is 0 Å². The van der Waals surface area contributed by atoms with Crippen molar-refractivity contribution in [2.75, 3.05) is 33.9 Å². The van der Waals surface area contributed by atoms with Gasteiger partial charge >= 0.3 is 0 Å². The molecule has 2 rings (SSSR count). The van der Waals surface area contributed by atoms with Crippen molar-refractivity contribution < 1.29 is 14.6 Å². The molecule has 1 aliphatic rings. The lowest BCUT2D eigenvalue weighted by Crippen LogP contribution is -2.49. The molecule has 0 aliphatic carbocycles. The Morgan fingerprint density at radius 3 is 2.90 bits per heavy atom. The molecule has 0 amide bonds. The lowest BCUT2D eigenvalue weighted by atomic mass is 9.98. The first kappa shape index (κ1) is 16.2. The topological polar surface area (TPSA) is 68.0 Å². The van der Waals surface area contributed by atoms with Crippen LogP contribution in [0.15, 0.2) is 24.3 Å². The van der Waals surface area contributed by atoms with Gasteiger partial charge in [-0.15, -0.1) is 0 Å². The van der Waals surface area contributed by atoms with Crippen molar-refractivity contribution in [3.8, 4) is 5.75 Å². The summed E-state index contributed by atoms with van der Waals surface area (Å²) in [5.74, 6) is 0.764. The standard InChI is InChI=1S/C16H26N2O3/c1-20-14-5-3-4-12(8-14)16(19)11-18-7-6-15(21-2)9-13(18)10-17/h3-5,8,13,15-16,19H,6-7,9-11,17H2,1-2H3. The number of likely N-dealkylation sites (tertiary alicyclic amines) is 1. The Morgan fingerprint density at radius 1 is 1.43 bits per heavy atom. The van der Waals surface area contributed by atoms with E-state index in [1.807, 2.05) is 24.3 Å². The molecule has 21 heavy (non-hydrogen) atoms. The van der Waals surface area contributed by atoms with Crippen LogP contribution in [0.4, 0.5) is 0 Å². The van der Waals surface area contributed by atoms with Gasteiger partial charge in [-0.25, -0.2) is 0 Å². The van der Waals surface area contributed by atoms with Crippen LogP contribution in [0.5, 0.6) is 5.75 Å². The minimum absolute atomic E-state index is 0.268. The van der Waals surface area contributed by atoms with E-state index in [1.54, 1.807) is 14.2 Å². The summed E-state index contributed by atoms with van der Waals surface area (Å²) in [7, 11) is 3.38. The van der Waals surface area contributed by atoms with Gasteiger partial charge in [-0.3, -0.25) is 4.90 Å². The van der Waals surface area contributed by atoms with E-state index in [0.717, 1.165) is 30.7 Å². The Bertz CT molecular complexity index is 441. The average Bonchev–Trinajstić information content (AvgIpc) is 2.55. The molecule has 5 nitrogen and oxygen atoms in total. The van der Waals surface area contributed by atoms with E-state index in [2.05, 4.69) is 4.90 Å². The first-order valence-electron chi connectivity index (χ1n) is 7.46. The maximum Gasteiger partial charge on any atom is 0.119 e. The lowest BCUT2D eigenvalue weighted by Gasteiger charge is -2.39. The summed E-state index contributed by atoms with van der Waals surface area (Å²) in [6.07, 6.45) is 1.66. The number of aliphatic hydroxyl groups excluding tert-OH is 1. The van der Waals surface area contributed by atoms with Crippen molar-refractivity contribution in [3.05, 3.63) is 29.8 Å². The number of rotatable bonds is 6. The maximum atomic E-state index is 10.5. The van der Waals surface area contributed by atoms with Crippen molar-refractivity contribution in [1.29, 1.82) is 0 Å². The first-order chi connectivity index (χ1) is 10.2. The van der Waals surface area contributed by atoms with Crippen LogP contribution in [0.1, 0.15) is 24.5 Å². The maximum absolute atomic E-state index is 10.5. The van der Waals surface area contributed by atoms with Gasteiger partial charge in [-0.1, -0.05) is 12.1 Å². The van der Waals surface area contributed by atoms with E-state index in [9.17, 15) is 5.11 Å². The van der Waals surface area contributed by atoms with E-state index in [4.69, 9.17) is 15.2 Å². The molecule has 1 fully saturated rings.